The number of hydrogen-bond donors (Lipinski definition) is 4. The van der Waals surface area contributed by atoms with Crippen LogP contribution >= 0.6 is 11.3 Å². The Balaban J connectivity index is 1.33. The van der Waals surface area contributed by atoms with Gasteiger partial charge in [0.1, 0.15) is 5.69 Å². The fourth-order valence-corrected chi connectivity index (χ4v) is 6.42. The van der Waals surface area contributed by atoms with Crippen molar-refractivity contribution in [3.05, 3.63) is 51.1 Å². The molecule has 10 heteroatoms. The molecule has 0 bridgehead atoms. The van der Waals surface area contributed by atoms with E-state index in [1.807, 2.05) is 38.1 Å². The van der Waals surface area contributed by atoms with E-state index < -0.39 is 0 Å². The fourth-order valence-electron chi connectivity index (χ4n) is 5.33. The number of fused-ring (bicyclic) bond motifs is 2. The molecule has 1 saturated carbocycles. The predicted octanol–water partition coefficient (Wildman–Crippen LogP) is 2.75. The van der Waals surface area contributed by atoms with Crippen molar-refractivity contribution >= 4 is 40.0 Å². The van der Waals surface area contributed by atoms with Crippen LogP contribution in [0.25, 0.3) is 10.9 Å². The molecule has 196 valence electrons. The van der Waals surface area contributed by atoms with Gasteiger partial charge in [0.15, 0.2) is 5.01 Å². The van der Waals surface area contributed by atoms with Gasteiger partial charge in [-0.25, -0.2) is 4.98 Å². The summed E-state index contributed by atoms with van der Waals surface area (Å²) in [5.74, 6) is -0.691. The van der Waals surface area contributed by atoms with Crippen LogP contribution in [0.2, 0.25) is 0 Å². The van der Waals surface area contributed by atoms with E-state index in [4.69, 9.17) is 0 Å². The van der Waals surface area contributed by atoms with E-state index in [1.165, 1.54) is 11.3 Å². The lowest BCUT2D eigenvalue weighted by Gasteiger charge is -2.36. The molecular formula is C27H34N6O3S. The van der Waals surface area contributed by atoms with Gasteiger partial charge in [0, 0.05) is 53.8 Å². The van der Waals surface area contributed by atoms with Crippen LogP contribution in [0, 0.1) is 12.8 Å². The Morgan fingerprint density at radius 3 is 2.76 bits per heavy atom. The van der Waals surface area contributed by atoms with Crippen LogP contribution in [-0.4, -0.2) is 64.8 Å². The molecule has 0 radical (unpaired) electrons. The fraction of sp³-hybridized carbons (Fsp3) is 0.481. The number of nitrogens with one attached hydrogen (secondary N) is 4. The van der Waals surface area contributed by atoms with Gasteiger partial charge >= 0.3 is 0 Å². The minimum absolute atomic E-state index is 0.00902. The summed E-state index contributed by atoms with van der Waals surface area (Å²) >= 11 is 1.43. The summed E-state index contributed by atoms with van der Waals surface area (Å²) < 4.78 is 0. The number of benzene rings is 1. The maximum absolute atomic E-state index is 13.3. The number of nitrogens with zero attached hydrogens (tertiary/aromatic N) is 2. The Labute approximate surface area is 220 Å². The summed E-state index contributed by atoms with van der Waals surface area (Å²) in [6.07, 6.45) is 2.53. The highest BCUT2D eigenvalue weighted by molar-refractivity contribution is 7.13. The minimum atomic E-state index is -0.381. The van der Waals surface area contributed by atoms with E-state index in [2.05, 4.69) is 37.9 Å². The van der Waals surface area contributed by atoms with Crippen molar-refractivity contribution in [1.82, 2.24) is 30.8 Å². The highest BCUT2D eigenvalue weighted by Crippen LogP contribution is 2.28. The number of aromatic amines is 1. The number of H-pyrrole nitrogens is 1. The van der Waals surface area contributed by atoms with Crippen molar-refractivity contribution in [3.63, 3.8) is 0 Å². The third-order valence-electron chi connectivity index (χ3n) is 7.34. The molecule has 3 aromatic rings. The number of carbonyl (C=O) groups excluding carboxylic acids is 3. The first-order chi connectivity index (χ1) is 17.8. The SMILES string of the molecule is CCNC(=O)[C@H]1CC[C@H](NC(=O)c2cc3cc(C)ccc3[nH]2)[C@H](NC(=O)c2nc3c(s2)CN(C)CC3)C1. The van der Waals surface area contributed by atoms with Gasteiger partial charge in [-0.2, -0.15) is 0 Å². The van der Waals surface area contributed by atoms with Gasteiger partial charge in [-0.1, -0.05) is 11.6 Å². The number of amides is 3. The van der Waals surface area contributed by atoms with E-state index in [1.54, 1.807) is 0 Å². The molecule has 9 nitrogen and oxygen atoms in total. The van der Waals surface area contributed by atoms with Gasteiger partial charge in [0.25, 0.3) is 11.8 Å². The average molecular weight is 523 g/mol. The molecule has 1 fully saturated rings. The zero-order chi connectivity index (χ0) is 26.1. The largest absolute Gasteiger partial charge is 0.356 e. The first-order valence-corrected chi connectivity index (χ1v) is 13.8. The smallest absolute Gasteiger partial charge is 0.280 e. The molecule has 0 unspecified atom stereocenters. The number of carbonyl (C=O) groups is 3. The van der Waals surface area contributed by atoms with Crippen LogP contribution < -0.4 is 16.0 Å². The zero-order valence-electron chi connectivity index (χ0n) is 21.5. The van der Waals surface area contributed by atoms with Gasteiger partial charge in [0.2, 0.25) is 5.91 Å². The van der Waals surface area contributed by atoms with Crippen LogP contribution in [0.4, 0.5) is 0 Å². The van der Waals surface area contributed by atoms with Crippen LogP contribution in [0.15, 0.2) is 24.3 Å². The van der Waals surface area contributed by atoms with Gasteiger partial charge in [0.05, 0.1) is 11.7 Å². The van der Waals surface area contributed by atoms with Crippen molar-refractivity contribution in [3.8, 4) is 0 Å². The van der Waals surface area contributed by atoms with E-state index in [9.17, 15) is 14.4 Å². The summed E-state index contributed by atoms with van der Waals surface area (Å²) in [4.78, 5) is 50.2. The lowest BCUT2D eigenvalue weighted by atomic mass is 9.81. The average Bonchev–Trinajstić information content (AvgIpc) is 3.49. The molecule has 1 aliphatic carbocycles. The molecular weight excluding hydrogens is 488 g/mol. The summed E-state index contributed by atoms with van der Waals surface area (Å²) in [7, 11) is 2.06. The van der Waals surface area contributed by atoms with Crippen LogP contribution in [0.1, 0.15) is 62.6 Å². The molecule has 0 saturated heterocycles. The number of hydrogen-bond acceptors (Lipinski definition) is 6. The number of aromatic nitrogens is 2. The predicted molar refractivity (Wildman–Crippen MR) is 144 cm³/mol. The van der Waals surface area contributed by atoms with Crippen LogP contribution in [0.5, 0.6) is 0 Å². The third-order valence-corrected chi connectivity index (χ3v) is 8.42. The molecule has 3 atom stereocenters. The topological polar surface area (TPSA) is 119 Å². The number of likely N-dealkylation sites (N-methyl/N-ethyl adjacent to an activating group) is 1. The second kappa shape index (κ2) is 10.6. The van der Waals surface area contributed by atoms with E-state index in [0.29, 0.717) is 36.5 Å². The molecule has 37 heavy (non-hydrogen) atoms. The van der Waals surface area contributed by atoms with Gasteiger partial charge in [-0.3, -0.25) is 14.4 Å². The summed E-state index contributed by atoms with van der Waals surface area (Å²) in [6.45, 7) is 6.20. The quantitative estimate of drug-likeness (QED) is 0.397. The van der Waals surface area contributed by atoms with Gasteiger partial charge in [-0.05, 0) is 58.4 Å². The van der Waals surface area contributed by atoms with Crippen LogP contribution in [0.3, 0.4) is 0 Å². The second-order valence-electron chi connectivity index (χ2n) is 10.2. The molecule has 4 N–H and O–H groups in total. The molecule has 5 rings (SSSR count). The first-order valence-electron chi connectivity index (χ1n) is 13.0. The Morgan fingerprint density at radius 2 is 1.95 bits per heavy atom. The van der Waals surface area contributed by atoms with Gasteiger partial charge in [-0.15, -0.1) is 11.3 Å². The molecule has 3 heterocycles. The Bertz CT molecular complexity index is 1330. The van der Waals surface area contributed by atoms with Crippen molar-refractivity contribution < 1.29 is 14.4 Å². The number of aryl methyl sites for hydroxylation is 1. The highest BCUT2D eigenvalue weighted by atomic mass is 32.1. The number of thiazole rings is 1. The van der Waals surface area contributed by atoms with E-state index >= 15 is 0 Å². The lowest BCUT2D eigenvalue weighted by Crippen LogP contribution is -2.56. The molecule has 3 amide bonds. The molecule has 1 aromatic carbocycles. The first kappa shape index (κ1) is 25.4. The van der Waals surface area contributed by atoms with Gasteiger partial charge < -0.3 is 25.8 Å². The molecule has 2 aliphatic rings. The number of rotatable bonds is 6. The second-order valence-corrected chi connectivity index (χ2v) is 11.3. The highest BCUT2D eigenvalue weighted by Gasteiger charge is 2.36. The summed E-state index contributed by atoms with van der Waals surface area (Å²) in [5, 5.41) is 10.6. The van der Waals surface area contributed by atoms with E-state index in [-0.39, 0.29) is 35.7 Å². The Kier molecular flexibility index (Phi) is 7.30. The van der Waals surface area contributed by atoms with Crippen molar-refractivity contribution in [2.24, 2.45) is 5.92 Å². The standard InChI is InChI=1S/C27H34N6O3S/c1-4-28-24(34)16-6-8-19(30-25(35)22-13-17-11-15(2)5-7-18(17)29-22)21(12-16)31-26(36)27-32-20-9-10-33(3)14-23(20)37-27/h5,7,11,13,16,19,21,29H,4,6,8-10,12,14H2,1-3H3,(H,28,34)(H,30,35)(H,31,36)/t16-,19-,21+/m0/s1. The summed E-state index contributed by atoms with van der Waals surface area (Å²) in [5.41, 5.74) is 3.50. The third kappa shape index (κ3) is 5.55. The Morgan fingerprint density at radius 1 is 1.14 bits per heavy atom. The lowest BCUT2D eigenvalue weighted by molar-refractivity contribution is -0.126. The van der Waals surface area contributed by atoms with Crippen molar-refractivity contribution in [2.75, 3.05) is 20.1 Å². The van der Waals surface area contributed by atoms with Crippen molar-refractivity contribution in [2.45, 2.75) is 58.2 Å². The summed E-state index contributed by atoms with van der Waals surface area (Å²) in [6, 6.07) is 7.18. The zero-order valence-corrected chi connectivity index (χ0v) is 22.3. The van der Waals surface area contributed by atoms with E-state index in [0.717, 1.165) is 46.5 Å². The Hall–Kier alpha value is -3.24. The molecule has 0 spiro atoms. The minimum Gasteiger partial charge on any atom is -0.356 e. The molecule has 2 aromatic heterocycles. The normalized spacial score (nSPS) is 21.9. The van der Waals surface area contributed by atoms with Crippen LogP contribution in [-0.2, 0) is 17.8 Å². The monoisotopic (exact) mass is 522 g/mol. The maximum Gasteiger partial charge on any atom is 0.280 e. The van der Waals surface area contributed by atoms with Crippen molar-refractivity contribution in [1.29, 1.82) is 0 Å². The maximum atomic E-state index is 13.3. The molecule has 1 aliphatic heterocycles.